The van der Waals surface area contributed by atoms with Crippen molar-refractivity contribution in [2.45, 2.75) is 64.9 Å². The van der Waals surface area contributed by atoms with Crippen molar-refractivity contribution in [3.63, 3.8) is 0 Å². The second-order valence-corrected chi connectivity index (χ2v) is 8.03. The fourth-order valence-corrected chi connectivity index (χ4v) is 3.41. The molecule has 0 aliphatic carbocycles. The smallest absolute Gasteiger partial charge is 0.326 e. The maximum absolute atomic E-state index is 12.8. The van der Waals surface area contributed by atoms with Gasteiger partial charge in [-0.1, -0.05) is 32.2 Å². The highest BCUT2D eigenvalue weighted by Crippen LogP contribution is 2.30. The molecule has 0 bridgehead atoms. The molecule has 3 amide bonds. The maximum atomic E-state index is 12.8. The van der Waals surface area contributed by atoms with Gasteiger partial charge in [-0.3, -0.25) is 4.79 Å². The molecule has 4 N–H and O–H groups in total. The lowest BCUT2D eigenvalue weighted by Gasteiger charge is -2.29. The third-order valence-corrected chi connectivity index (χ3v) is 5.05. The van der Waals surface area contributed by atoms with Crippen molar-refractivity contribution < 1.29 is 36.7 Å². The first-order valence-corrected chi connectivity index (χ1v) is 10.9. The van der Waals surface area contributed by atoms with Crippen molar-refractivity contribution in [2.75, 3.05) is 5.32 Å². The molecule has 0 saturated heterocycles. The Morgan fingerprint density at radius 2 is 1.68 bits per heavy atom. The van der Waals surface area contributed by atoms with Gasteiger partial charge in [0, 0.05) is 10.3 Å². The first kappa shape index (κ1) is 26.8. The van der Waals surface area contributed by atoms with Crippen LogP contribution in [0.4, 0.5) is 23.7 Å². The lowest BCUT2D eigenvalue weighted by atomic mass is 10.0. The zero-order valence-corrected chi connectivity index (χ0v) is 18.6. The molecule has 0 aromatic heterocycles. The minimum atomic E-state index is -4.49. The van der Waals surface area contributed by atoms with Crippen LogP contribution in [-0.4, -0.2) is 28.6 Å². The SMILES string of the molecule is CCC(CC)(NC(=O)[C@H](CC(C)C)NC(=O)Nc1ccc(C(F)(F)F)cc1)O[P+](=O)O. The molecule has 2 atom stereocenters. The molecule has 0 aliphatic rings. The van der Waals surface area contributed by atoms with Crippen LogP contribution in [0.25, 0.3) is 0 Å². The van der Waals surface area contributed by atoms with Crippen molar-refractivity contribution in [2.24, 2.45) is 5.92 Å². The molecule has 174 valence electrons. The Bertz CT molecular complexity index is 768. The van der Waals surface area contributed by atoms with Gasteiger partial charge in [0.2, 0.25) is 5.91 Å². The summed E-state index contributed by atoms with van der Waals surface area (Å²) < 4.78 is 54.1. The fraction of sp³-hybridized carbons (Fsp3) is 0.579. The lowest BCUT2D eigenvalue weighted by molar-refractivity contribution is -0.137. The largest absolute Gasteiger partial charge is 0.697 e. The second kappa shape index (κ2) is 11.4. The van der Waals surface area contributed by atoms with Crippen LogP contribution in [0.2, 0.25) is 0 Å². The van der Waals surface area contributed by atoms with E-state index in [2.05, 4.69) is 16.0 Å². The number of alkyl halides is 3. The summed E-state index contributed by atoms with van der Waals surface area (Å²) in [7, 11) is -2.97. The number of amides is 3. The molecule has 0 saturated carbocycles. The van der Waals surface area contributed by atoms with Crippen molar-refractivity contribution in [1.29, 1.82) is 0 Å². The predicted octanol–water partition coefficient (Wildman–Crippen LogP) is 4.54. The van der Waals surface area contributed by atoms with Crippen LogP contribution in [0.5, 0.6) is 0 Å². The summed E-state index contributed by atoms with van der Waals surface area (Å²) in [4.78, 5) is 34.2. The number of carbonyl (C=O) groups excluding carboxylic acids is 2. The molecule has 8 nitrogen and oxygen atoms in total. The highest BCUT2D eigenvalue weighted by atomic mass is 31.1. The summed E-state index contributed by atoms with van der Waals surface area (Å²) in [5.41, 5.74) is -2.11. The molecule has 1 aromatic carbocycles. The molecule has 0 fully saturated rings. The molecular formula is C19H28F3N3O5P+. The summed E-state index contributed by atoms with van der Waals surface area (Å²) in [6.07, 6.45) is -3.82. The first-order valence-electron chi connectivity index (χ1n) is 9.74. The van der Waals surface area contributed by atoms with Crippen LogP contribution in [0.15, 0.2) is 24.3 Å². The minimum Gasteiger partial charge on any atom is -0.326 e. The number of halogens is 3. The van der Waals surface area contributed by atoms with E-state index in [-0.39, 0.29) is 30.9 Å². The maximum Gasteiger partial charge on any atom is 0.697 e. The number of hydrogen-bond acceptors (Lipinski definition) is 4. The van der Waals surface area contributed by atoms with E-state index in [9.17, 15) is 27.3 Å². The topological polar surface area (TPSA) is 117 Å². The predicted molar refractivity (Wildman–Crippen MR) is 109 cm³/mol. The van der Waals surface area contributed by atoms with Crippen molar-refractivity contribution >= 4 is 25.9 Å². The zero-order chi connectivity index (χ0) is 23.8. The van der Waals surface area contributed by atoms with E-state index in [4.69, 9.17) is 9.42 Å². The lowest BCUT2D eigenvalue weighted by Crippen LogP contribution is -2.56. The van der Waals surface area contributed by atoms with E-state index in [1.165, 1.54) is 0 Å². The van der Waals surface area contributed by atoms with E-state index in [1.807, 2.05) is 13.8 Å². The third-order valence-electron chi connectivity index (χ3n) is 4.55. The van der Waals surface area contributed by atoms with Gasteiger partial charge in [-0.15, -0.1) is 4.89 Å². The summed E-state index contributed by atoms with van der Waals surface area (Å²) in [6.45, 7) is 7.02. The molecule has 1 rings (SSSR count). The Kier molecular flexibility index (Phi) is 9.86. The Morgan fingerprint density at radius 3 is 2.10 bits per heavy atom. The van der Waals surface area contributed by atoms with Crippen LogP contribution in [0.3, 0.4) is 0 Å². The van der Waals surface area contributed by atoms with Crippen LogP contribution >= 0.6 is 8.25 Å². The Hall–Kier alpha value is -2.23. The summed E-state index contributed by atoms with van der Waals surface area (Å²) >= 11 is 0. The number of hydrogen-bond donors (Lipinski definition) is 4. The van der Waals surface area contributed by atoms with Crippen molar-refractivity contribution in [3.05, 3.63) is 29.8 Å². The van der Waals surface area contributed by atoms with Gasteiger partial charge in [0.1, 0.15) is 6.04 Å². The molecule has 0 spiro atoms. The van der Waals surface area contributed by atoms with Gasteiger partial charge in [-0.25, -0.2) is 4.79 Å². The highest BCUT2D eigenvalue weighted by Gasteiger charge is 2.40. The Balaban J connectivity index is 2.90. The van der Waals surface area contributed by atoms with E-state index >= 15 is 0 Å². The van der Waals surface area contributed by atoms with E-state index in [0.29, 0.717) is 0 Å². The van der Waals surface area contributed by atoms with E-state index in [1.54, 1.807) is 13.8 Å². The fourth-order valence-electron chi connectivity index (χ4n) is 2.81. The number of benzene rings is 1. The van der Waals surface area contributed by atoms with Gasteiger partial charge in [-0.2, -0.15) is 13.2 Å². The van der Waals surface area contributed by atoms with Gasteiger partial charge in [0.25, 0.3) is 0 Å². The average molecular weight is 466 g/mol. The van der Waals surface area contributed by atoms with Gasteiger partial charge in [-0.05, 0) is 49.4 Å². The van der Waals surface area contributed by atoms with Gasteiger partial charge in [0.15, 0.2) is 5.72 Å². The molecular weight excluding hydrogens is 438 g/mol. The van der Waals surface area contributed by atoms with Gasteiger partial charge in [0.05, 0.1) is 5.56 Å². The number of nitrogens with one attached hydrogen (secondary N) is 3. The summed E-state index contributed by atoms with van der Waals surface area (Å²) in [5, 5.41) is 7.46. The standard InChI is InChI=1S/C19H27F3N3O5P/c1-5-18(6-2,30-31(28)29)25-16(26)15(11-12(3)4)24-17(27)23-14-9-7-13(8-10-14)19(20,21)22/h7-10,12,15H,5-6,11H2,1-4H3,(H3-,23,24,25,26,27,28,29)/p+1/t15-/m0/s1. The monoisotopic (exact) mass is 466 g/mol. The Labute approximate surface area is 179 Å². The highest BCUT2D eigenvalue weighted by molar-refractivity contribution is 7.32. The van der Waals surface area contributed by atoms with Crippen LogP contribution in [0, 0.1) is 5.92 Å². The van der Waals surface area contributed by atoms with Gasteiger partial charge < -0.3 is 16.0 Å². The summed E-state index contributed by atoms with van der Waals surface area (Å²) in [6, 6.07) is 2.08. The number of urea groups is 1. The van der Waals surface area contributed by atoms with Crippen LogP contribution < -0.4 is 16.0 Å². The van der Waals surface area contributed by atoms with Gasteiger partial charge >= 0.3 is 20.5 Å². The molecule has 12 heteroatoms. The zero-order valence-electron chi connectivity index (χ0n) is 17.7. The molecule has 0 aliphatic heterocycles. The van der Waals surface area contributed by atoms with E-state index in [0.717, 1.165) is 24.3 Å². The summed E-state index contributed by atoms with van der Waals surface area (Å²) in [5.74, 6) is -0.605. The molecule has 0 radical (unpaired) electrons. The molecule has 1 aromatic rings. The minimum absolute atomic E-state index is 0.00941. The third kappa shape index (κ3) is 8.80. The van der Waals surface area contributed by atoms with Crippen molar-refractivity contribution in [3.8, 4) is 0 Å². The second-order valence-electron chi connectivity index (χ2n) is 7.38. The van der Waals surface area contributed by atoms with Crippen molar-refractivity contribution in [1.82, 2.24) is 10.6 Å². The average Bonchev–Trinajstić information content (AvgIpc) is 2.65. The normalized spacial score (nSPS) is 13.5. The number of rotatable bonds is 10. The van der Waals surface area contributed by atoms with Crippen LogP contribution in [0.1, 0.15) is 52.5 Å². The van der Waals surface area contributed by atoms with E-state index < -0.39 is 43.7 Å². The molecule has 0 heterocycles. The molecule has 1 unspecified atom stereocenters. The molecule has 31 heavy (non-hydrogen) atoms. The first-order chi connectivity index (χ1) is 14.3. The number of anilines is 1. The quantitative estimate of drug-likeness (QED) is 0.298. The van der Waals surface area contributed by atoms with Crippen LogP contribution in [-0.2, 0) is 20.1 Å². The number of carbonyl (C=O) groups is 2. The Morgan fingerprint density at radius 1 is 1.13 bits per heavy atom.